The molecule has 62 valence electrons. The second-order valence-corrected chi connectivity index (χ2v) is 2.84. The summed E-state index contributed by atoms with van der Waals surface area (Å²) < 4.78 is 0. The molecule has 1 rings (SSSR count). The SMILES string of the molecule is C=CC/C=C/c1cccc(C)c1. The van der Waals surface area contributed by atoms with Crippen molar-refractivity contribution in [1.29, 1.82) is 0 Å². The molecule has 0 amide bonds. The van der Waals surface area contributed by atoms with Crippen LogP contribution in [0.5, 0.6) is 0 Å². The summed E-state index contributed by atoms with van der Waals surface area (Å²) in [5, 5.41) is 0. The van der Waals surface area contributed by atoms with Crippen molar-refractivity contribution in [2.45, 2.75) is 13.3 Å². The molecule has 0 heteroatoms. The van der Waals surface area contributed by atoms with Crippen LogP contribution in [0.25, 0.3) is 6.08 Å². The van der Waals surface area contributed by atoms with Crippen molar-refractivity contribution >= 4 is 6.08 Å². The Hall–Kier alpha value is -1.30. The lowest BCUT2D eigenvalue weighted by atomic mass is 10.1. The molecule has 1 aromatic rings. The molecule has 0 aliphatic carbocycles. The van der Waals surface area contributed by atoms with Crippen LogP contribution in [0, 0.1) is 6.92 Å². The van der Waals surface area contributed by atoms with Gasteiger partial charge in [0.25, 0.3) is 0 Å². The first-order valence-electron chi connectivity index (χ1n) is 4.17. The number of allylic oxidation sites excluding steroid dienone is 2. The van der Waals surface area contributed by atoms with Gasteiger partial charge in [0.05, 0.1) is 0 Å². The van der Waals surface area contributed by atoms with Crippen molar-refractivity contribution in [2.24, 2.45) is 0 Å². The van der Waals surface area contributed by atoms with Gasteiger partial charge >= 0.3 is 0 Å². The molecule has 0 atom stereocenters. The predicted molar refractivity (Wildman–Crippen MR) is 55.0 cm³/mol. The highest BCUT2D eigenvalue weighted by Crippen LogP contribution is 2.05. The van der Waals surface area contributed by atoms with Crippen LogP contribution >= 0.6 is 0 Å². The molecule has 0 aliphatic rings. The molecule has 0 unspecified atom stereocenters. The molecule has 0 radical (unpaired) electrons. The summed E-state index contributed by atoms with van der Waals surface area (Å²) in [6.07, 6.45) is 7.07. The third-order valence-electron chi connectivity index (χ3n) is 1.66. The van der Waals surface area contributed by atoms with Gasteiger partial charge in [-0.3, -0.25) is 0 Å². The molecule has 0 spiro atoms. The van der Waals surface area contributed by atoms with Gasteiger partial charge in [-0.05, 0) is 18.9 Å². The van der Waals surface area contributed by atoms with Crippen molar-refractivity contribution in [3.8, 4) is 0 Å². The van der Waals surface area contributed by atoms with E-state index in [2.05, 4.69) is 49.9 Å². The van der Waals surface area contributed by atoms with Crippen LogP contribution in [0.3, 0.4) is 0 Å². The molecule has 0 N–H and O–H groups in total. The van der Waals surface area contributed by atoms with E-state index in [9.17, 15) is 0 Å². The molecule has 0 fully saturated rings. The fourth-order valence-corrected chi connectivity index (χ4v) is 1.07. The van der Waals surface area contributed by atoms with Crippen LogP contribution in [-0.2, 0) is 0 Å². The fourth-order valence-electron chi connectivity index (χ4n) is 1.07. The van der Waals surface area contributed by atoms with E-state index >= 15 is 0 Å². The molecular formula is C12H14. The van der Waals surface area contributed by atoms with Crippen molar-refractivity contribution in [1.82, 2.24) is 0 Å². The van der Waals surface area contributed by atoms with E-state index in [0.717, 1.165) is 6.42 Å². The molecule has 0 saturated heterocycles. The predicted octanol–water partition coefficient (Wildman–Crippen LogP) is 3.58. The topological polar surface area (TPSA) is 0 Å². The summed E-state index contributed by atoms with van der Waals surface area (Å²) in [7, 11) is 0. The lowest BCUT2D eigenvalue weighted by Gasteiger charge is -1.94. The van der Waals surface area contributed by atoms with Crippen molar-refractivity contribution in [3.63, 3.8) is 0 Å². The molecule has 12 heavy (non-hydrogen) atoms. The van der Waals surface area contributed by atoms with Gasteiger partial charge in [0.1, 0.15) is 0 Å². The molecule has 0 bridgehead atoms. The largest absolute Gasteiger partial charge is 0.103 e. The van der Waals surface area contributed by atoms with Gasteiger partial charge in [-0.15, -0.1) is 6.58 Å². The van der Waals surface area contributed by atoms with Crippen LogP contribution in [0.1, 0.15) is 17.5 Å². The third-order valence-corrected chi connectivity index (χ3v) is 1.66. The van der Waals surface area contributed by atoms with Gasteiger partial charge in [-0.25, -0.2) is 0 Å². The maximum atomic E-state index is 3.66. The minimum absolute atomic E-state index is 0.938. The summed E-state index contributed by atoms with van der Waals surface area (Å²) >= 11 is 0. The first kappa shape index (κ1) is 8.79. The Morgan fingerprint density at radius 1 is 1.42 bits per heavy atom. The zero-order valence-electron chi connectivity index (χ0n) is 7.46. The van der Waals surface area contributed by atoms with Crippen LogP contribution in [-0.4, -0.2) is 0 Å². The molecule has 0 nitrogen and oxygen atoms in total. The van der Waals surface area contributed by atoms with Gasteiger partial charge in [0.2, 0.25) is 0 Å². The number of hydrogen-bond acceptors (Lipinski definition) is 0. The Labute approximate surface area is 74.2 Å². The number of aryl methyl sites for hydroxylation is 1. The fraction of sp³-hybridized carbons (Fsp3) is 0.167. The number of benzene rings is 1. The van der Waals surface area contributed by atoms with E-state index in [1.54, 1.807) is 0 Å². The van der Waals surface area contributed by atoms with Crippen LogP contribution < -0.4 is 0 Å². The summed E-state index contributed by atoms with van der Waals surface area (Å²) in [5.41, 5.74) is 2.56. The summed E-state index contributed by atoms with van der Waals surface area (Å²) in [5.74, 6) is 0. The smallest absolute Gasteiger partial charge is 0.0169 e. The maximum absolute atomic E-state index is 3.66. The van der Waals surface area contributed by atoms with E-state index in [1.165, 1.54) is 11.1 Å². The summed E-state index contributed by atoms with van der Waals surface area (Å²) in [6, 6.07) is 8.44. The minimum atomic E-state index is 0.938. The first-order chi connectivity index (χ1) is 5.83. The van der Waals surface area contributed by atoms with E-state index in [-0.39, 0.29) is 0 Å². The molecule has 1 aromatic carbocycles. The Morgan fingerprint density at radius 3 is 2.92 bits per heavy atom. The summed E-state index contributed by atoms with van der Waals surface area (Å²) in [6.45, 7) is 5.76. The number of hydrogen-bond donors (Lipinski definition) is 0. The molecule has 0 saturated carbocycles. The van der Waals surface area contributed by atoms with Crippen LogP contribution in [0.15, 0.2) is 43.0 Å². The van der Waals surface area contributed by atoms with Crippen LogP contribution in [0.2, 0.25) is 0 Å². The first-order valence-corrected chi connectivity index (χ1v) is 4.17. The third kappa shape index (κ3) is 2.75. The Bertz CT molecular complexity index is 282. The number of rotatable bonds is 3. The van der Waals surface area contributed by atoms with Crippen LogP contribution in [0.4, 0.5) is 0 Å². The second kappa shape index (κ2) is 4.55. The zero-order chi connectivity index (χ0) is 8.81. The monoisotopic (exact) mass is 158 g/mol. The van der Waals surface area contributed by atoms with Gasteiger partial charge < -0.3 is 0 Å². The Balaban J connectivity index is 2.69. The molecule has 0 heterocycles. The van der Waals surface area contributed by atoms with Gasteiger partial charge in [0, 0.05) is 0 Å². The maximum Gasteiger partial charge on any atom is -0.0169 e. The molecule has 0 aliphatic heterocycles. The van der Waals surface area contributed by atoms with Crippen molar-refractivity contribution < 1.29 is 0 Å². The quantitative estimate of drug-likeness (QED) is 0.590. The highest BCUT2D eigenvalue weighted by atomic mass is 13.9. The Kier molecular flexibility index (Phi) is 3.34. The highest BCUT2D eigenvalue weighted by Gasteiger charge is 1.85. The van der Waals surface area contributed by atoms with E-state index in [1.807, 2.05) is 6.08 Å². The van der Waals surface area contributed by atoms with E-state index in [0.29, 0.717) is 0 Å². The van der Waals surface area contributed by atoms with Crippen molar-refractivity contribution in [2.75, 3.05) is 0 Å². The lowest BCUT2D eigenvalue weighted by Crippen LogP contribution is -1.73. The minimum Gasteiger partial charge on any atom is -0.103 e. The van der Waals surface area contributed by atoms with Gasteiger partial charge in [-0.1, -0.05) is 48.1 Å². The lowest BCUT2D eigenvalue weighted by molar-refractivity contribution is 1.41. The van der Waals surface area contributed by atoms with E-state index in [4.69, 9.17) is 0 Å². The van der Waals surface area contributed by atoms with Crippen molar-refractivity contribution in [3.05, 3.63) is 54.1 Å². The average Bonchev–Trinajstić information content (AvgIpc) is 2.05. The average molecular weight is 158 g/mol. The Morgan fingerprint density at radius 2 is 2.25 bits per heavy atom. The molecular weight excluding hydrogens is 144 g/mol. The molecule has 0 aromatic heterocycles. The second-order valence-electron chi connectivity index (χ2n) is 2.84. The standard InChI is InChI=1S/C12H14/c1-3-4-5-8-12-9-6-7-11(2)10-12/h3,5-10H,1,4H2,2H3/b8-5+. The van der Waals surface area contributed by atoms with Gasteiger partial charge in [0.15, 0.2) is 0 Å². The van der Waals surface area contributed by atoms with E-state index < -0.39 is 0 Å². The summed E-state index contributed by atoms with van der Waals surface area (Å²) in [4.78, 5) is 0. The highest BCUT2D eigenvalue weighted by molar-refractivity contribution is 5.50. The zero-order valence-corrected chi connectivity index (χ0v) is 7.46. The normalized spacial score (nSPS) is 10.4. The van der Waals surface area contributed by atoms with Gasteiger partial charge in [-0.2, -0.15) is 0 Å².